The molecule has 0 aliphatic rings. The van der Waals surface area contributed by atoms with E-state index in [0.29, 0.717) is 25.5 Å². The Morgan fingerprint density at radius 3 is 2.51 bits per heavy atom. The molecule has 1 N–H and O–H groups in total. The zero-order valence-corrected chi connectivity index (χ0v) is 22.1. The molecule has 1 amide bonds. The van der Waals surface area contributed by atoms with E-state index in [0.717, 1.165) is 59.7 Å². The summed E-state index contributed by atoms with van der Waals surface area (Å²) in [6, 6.07) is 24.1. The second-order valence-electron chi connectivity index (χ2n) is 9.54. The third-order valence-corrected chi connectivity index (χ3v) is 6.48. The maximum absolute atomic E-state index is 12.4. The minimum absolute atomic E-state index is 0.0255. The van der Waals surface area contributed by atoms with Gasteiger partial charge in [-0.25, -0.2) is 4.98 Å². The van der Waals surface area contributed by atoms with Gasteiger partial charge in [0.1, 0.15) is 17.3 Å². The van der Waals surface area contributed by atoms with Gasteiger partial charge < -0.3 is 19.4 Å². The van der Waals surface area contributed by atoms with Crippen LogP contribution >= 0.6 is 0 Å². The van der Waals surface area contributed by atoms with Gasteiger partial charge in [0.2, 0.25) is 5.91 Å². The minimum Gasteiger partial charge on any atom is -0.497 e. The normalized spacial score (nSPS) is 11.1. The fourth-order valence-electron chi connectivity index (χ4n) is 4.53. The Bertz CT molecular complexity index is 1290. The number of para-hydroxylation sites is 3. The average molecular weight is 500 g/mol. The Labute approximate surface area is 219 Å². The van der Waals surface area contributed by atoms with Gasteiger partial charge in [0.15, 0.2) is 0 Å². The number of amides is 1. The fraction of sp³-hybridized carbons (Fsp3) is 0.355. The fourth-order valence-corrected chi connectivity index (χ4v) is 4.53. The summed E-state index contributed by atoms with van der Waals surface area (Å²) in [6.07, 6.45) is 2.88. The smallest absolute Gasteiger partial charge is 0.224 e. The zero-order valence-electron chi connectivity index (χ0n) is 22.1. The number of nitrogens with zero attached hydrogens (tertiary/aromatic N) is 2. The molecular formula is C31H37N3O3. The van der Waals surface area contributed by atoms with Gasteiger partial charge in [-0.2, -0.15) is 0 Å². The van der Waals surface area contributed by atoms with Crippen molar-refractivity contribution in [3.8, 4) is 11.5 Å². The van der Waals surface area contributed by atoms with E-state index in [4.69, 9.17) is 14.5 Å². The standard InChI is InChI=1S/C31H37N3O3/c1-23(2)26-10-4-7-13-29(26)37-21-9-20-34-28-12-6-5-11-27(28)33-30(34)14-8-19-32-31(35)22-24-15-17-25(36-3)18-16-24/h4-7,10-13,15-18,23H,8-9,14,19-22H2,1-3H3,(H,32,35). The third kappa shape index (κ3) is 7.13. The Hall–Kier alpha value is -3.80. The van der Waals surface area contributed by atoms with Crippen molar-refractivity contribution in [2.24, 2.45) is 0 Å². The van der Waals surface area contributed by atoms with Gasteiger partial charge in [-0.3, -0.25) is 4.79 Å². The lowest BCUT2D eigenvalue weighted by Crippen LogP contribution is -2.26. The highest BCUT2D eigenvalue weighted by Gasteiger charge is 2.12. The molecule has 0 radical (unpaired) electrons. The summed E-state index contributed by atoms with van der Waals surface area (Å²) >= 11 is 0. The molecule has 0 aliphatic carbocycles. The molecule has 0 spiro atoms. The number of fused-ring (bicyclic) bond motifs is 1. The van der Waals surface area contributed by atoms with Crippen LogP contribution < -0.4 is 14.8 Å². The van der Waals surface area contributed by atoms with Crippen LogP contribution in [0.1, 0.15) is 49.6 Å². The van der Waals surface area contributed by atoms with E-state index in [9.17, 15) is 4.79 Å². The molecule has 1 aromatic heterocycles. The van der Waals surface area contributed by atoms with Gasteiger partial charge in [-0.05, 0) is 60.2 Å². The summed E-state index contributed by atoms with van der Waals surface area (Å²) in [7, 11) is 1.64. The number of carbonyl (C=O) groups excluding carboxylic acids is 1. The first kappa shape index (κ1) is 26.3. The Morgan fingerprint density at radius 1 is 0.973 bits per heavy atom. The summed E-state index contributed by atoms with van der Waals surface area (Å²) in [5.41, 5.74) is 4.36. The lowest BCUT2D eigenvalue weighted by Gasteiger charge is -2.14. The highest BCUT2D eigenvalue weighted by molar-refractivity contribution is 5.78. The summed E-state index contributed by atoms with van der Waals surface area (Å²) < 4.78 is 13.6. The molecule has 0 saturated heterocycles. The Morgan fingerprint density at radius 2 is 1.73 bits per heavy atom. The number of nitrogens with one attached hydrogen (secondary N) is 1. The first-order chi connectivity index (χ1) is 18.0. The predicted octanol–water partition coefficient (Wildman–Crippen LogP) is 5.93. The molecule has 3 aromatic carbocycles. The van der Waals surface area contributed by atoms with Crippen LogP contribution in [0.5, 0.6) is 11.5 Å². The molecule has 37 heavy (non-hydrogen) atoms. The average Bonchev–Trinajstić information content (AvgIpc) is 3.27. The zero-order chi connectivity index (χ0) is 26.0. The van der Waals surface area contributed by atoms with Gasteiger partial charge in [0.05, 0.1) is 31.2 Å². The number of imidazole rings is 1. The lowest BCUT2D eigenvalue weighted by atomic mass is 10.0. The molecule has 0 atom stereocenters. The van der Waals surface area contributed by atoms with Gasteiger partial charge in [0, 0.05) is 19.5 Å². The van der Waals surface area contributed by atoms with Crippen molar-refractivity contribution in [1.29, 1.82) is 0 Å². The first-order valence-corrected chi connectivity index (χ1v) is 13.1. The van der Waals surface area contributed by atoms with Crippen molar-refractivity contribution in [3.05, 3.63) is 89.7 Å². The number of rotatable bonds is 13. The molecule has 4 rings (SSSR count). The number of benzene rings is 3. The van der Waals surface area contributed by atoms with Crippen LogP contribution in [-0.2, 0) is 24.2 Å². The van der Waals surface area contributed by atoms with Crippen LogP contribution in [-0.4, -0.2) is 35.7 Å². The minimum atomic E-state index is 0.0255. The number of ether oxygens (including phenoxy) is 2. The monoisotopic (exact) mass is 499 g/mol. The maximum Gasteiger partial charge on any atom is 0.224 e. The van der Waals surface area contributed by atoms with Crippen molar-refractivity contribution in [3.63, 3.8) is 0 Å². The molecule has 6 nitrogen and oxygen atoms in total. The SMILES string of the molecule is COc1ccc(CC(=O)NCCCc2nc3ccccc3n2CCCOc2ccccc2C(C)C)cc1. The topological polar surface area (TPSA) is 65.4 Å². The third-order valence-electron chi connectivity index (χ3n) is 6.48. The summed E-state index contributed by atoms with van der Waals surface area (Å²) in [6.45, 7) is 6.48. The van der Waals surface area contributed by atoms with E-state index < -0.39 is 0 Å². The largest absolute Gasteiger partial charge is 0.497 e. The molecule has 0 unspecified atom stereocenters. The number of aryl methyl sites for hydroxylation is 2. The Balaban J connectivity index is 1.29. The molecule has 194 valence electrons. The van der Waals surface area contributed by atoms with Crippen LogP contribution in [0.25, 0.3) is 11.0 Å². The second-order valence-corrected chi connectivity index (χ2v) is 9.54. The molecule has 1 heterocycles. The maximum atomic E-state index is 12.4. The molecule has 0 fully saturated rings. The molecule has 0 saturated carbocycles. The Kier molecular flexibility index (Phi) is 9.19. The predicted molar refractivity (Wildman–Crippen MR) is 148 cm³/mol. The molecule has 0 aliphatic heterocycles. The van der Waals surface area contributed by atoms with Crippen molar-refractivity contribution >= 4 is 16.9 Å². The second kappa shape index (κ2) is 12.9. The molecule has 0 bridgehead atoms. The van der Waals surface area contributed by atoms with Crippen LogP contribution in [0, 0.1) is 0 Å². The van der Waals surface area contributed by atoms with Crippen molar-refractivity contribution in [2.75, 3.05) is 20.3 Å². The first-order valence-electron chi connectivity index (χ1n) is 13.1. The number of hydrogen-bond acceptors (Lipinski definition) is 4. The van der Waals surface area contributed by atoms with Crippen molar-refractivity contribution in [2.45, 2.75) is 52.0 Å². The lowest BCUT2D eigenvalue weighted by molar-refractivity contribution is -0.120. The van der Waals surface area contributed by atoms with Crippen LogP contribution in [0.4, 0.5) is 0 Å². The highest BCUT2D eigenvalue weighted by Crippen LogP contribution is 2.26. The quantitative estimate of drug-likeness (QED) is 0.232. The van der Waals surface area contributed by atoms with E-state index in [-0.39, 0.29) is 5.91 Å². The van der Waals surface area contributed by atoms with Gasteiger partial charge >= 0.3 is 0 Å². The van der Waals surface area contributed by atoms with Gasteiger partial charge in [-0.15, -0.1) is 0 Å². The van der Waals surface area contributed by atoms with Gasteiger partial charge in [-0.1, -0.05) is 56.3 Å². The number of methoxy groups -OCH3 is 1. The summed E-state index contributed by atoms with van der Waals surface area (Å²) in [5.74, 6) is 3.26. The summed E-state index contributed by atoms with van der Waals surface area (Å²) in [5, 5.41) is 3.04. The molecule has 4 aromatic rings. The van der Waals surface area contributed by atoms with Crippen LogP contribution in [0.3, 0.4) is 0 Å². The van der Waals surface area contributed by atoms with E-state index in [1.165, 1.54) is 5.56 Å². The van der Waals surface area contributed by atoms with Crippen molar-refractivity contribution in [1.82, 2.24) is 14.9 Å². The summed E-state index contributed by atoms with van der Waals surface area (Å²) in [4.78, 5) is 17.3. The number of aromatic nitrogens is 2. The van der Waals surface area contributed by atoms with Gasteiger partial charge in [0.25, 0.3) is 0 Å². The highest BCUT2D eigenvalue weighted by atomic mass is 16.5. The molecule has 6 heteroatoms. The molecular weight excluding hydrogens is 462 g/mol. The van der Waals surface area contributed by atoms with Crippen molar-refractivity contribution < 1.29 is 14.3 Å². The van der Waals surface area contributed by atoms with E-state index in [1.807, 2.05) is 36.4 Å². The number of hydrogen-bond donors (Lipinski definition) is 1. The number of carbonyl (C=O) groups is 1. The van der Waals surface area contributed by atoms with E-state index in [2.05, 4.69) is 60.1 Å². The van der Waals surface area contributed by atoms with Crippen LogP contribution in [0.2, 0.25) is 0 Å². The van der Waals surface area contributed by atoms with Crippen LogP contribution in [0.15, 0.2) is 72.8 Å². The van der Waals surface area contributed by atoms with E-state index in [1.54, 1.807) is 7.11 Å². The van der Waals surface area contributed by atoms with E-state index >= 15 is 0 Å².